The Morgan fingerprint density at radius 3 is 2.63 bits per heavy atom. The van der Waals surface area contributed by atoms with Gasteiger partial charge in [0.25, 0.3) is 5.91 Å². The number of carbonyl (C=O) groups is 1. The Kier molecular flexibility index (Phi) is 7.11. The molecule has 5 nitrogen and oxygen atoms in total. The van der Waals surface area contributed by atoms with Crippen LogP contribution in [-0.2, 0) is 16.8 Å². The van der Waals surface area contributed by atoms with Gasteiger partial charge in [0, 0.05) is 18.5 Å². The lowest BCUT2D eigenvalue weighted by Gasteiger charge is -2.26. The van der Waals surface area contributed by atoms with Crippen LogP contribution in [-0.4, -0.2) is 26.2 Å². The molecule has 0 bridgehead atoms. The Morgan fingerprint density at radius 1 is 1.26 bits per heavy atom. The number of nitrogens with one attached hydrogen (secondary N) is 1. The second-order valence-corrected chi connectivity index (χ2v) is 7.63. The van der Waals surface area contributed by atoms with E-state index >= 15 is 0 Å². The molecule has 0 heterocycles. The summed E-state index contributed by atoms with van der Waals surface area (Å²) in [5, 5.41) is 3.86. The molecule has 1 amide bonds. The number of methoxy groups -OCH3 is 1. The number of ether oxygens (including phenoxy) is 2. The first-order chi connectivity index (χ1) is 12.7. The van der Waals surface area contributed by atoms with E-state index in [1.165, 1.54) is 18.2 Å². The molecule has 3 N–H and O–H groups in total. The average Bonchev–Trinajstić information content (AvgIpc) is 2.60. The van der Waals surface area contributed by atoms with Gasteiger partial charge in [-0.2, -0.15) is 0 Å². The van der Waals surface area contributed by atoms with Gasteiger partial charge in [0.2, 0.25) is 0 Å². The second kappa shape index (κ2) is 9.11. The van der Waals surface area contributed by atoms with Crippen LogP contribution in [0, 0.1) is 6.92 Å². The predicted octanol–water partition coefficient (Wildman–Crippen LogP) is 3.59. The van der Waals surface area contributed by atoms with E-state index in [0.717, 1.165) is 12.1 Å². The number of hydrogen-bond acceptors (Lipinski definition) is 4. The highest BCUT2D eigenvalue weighted by Crippen LogP contribution is 2.36. The van der Waals surface area contributed by atoms with Crippen LogP contribution in [0.4, 0.5) is 0 Å². The van der Waals surface area contributed by atoms with E-state index in [0.29, 0.717) is 23.1 Å². The van der Waals surface area contributed by atoms with Crippen molar-refractivity contribution in [2.24, 2.45) is 5.73 Å². The van der Waals surface area contributed by atoms with E-state index in [4.69, 9.17) is 26.8 Å². The summed E-state index contributed by atoms with van der Waals surface area (Å²) in [7, 11) is 1.53. The molecule has 0 aliphatic heterocycles. The van der Waals surface area contributed by atoms with Gasteiger partial charge >= 0.3 is 0 Å². The maximum Gasteiger partial charge on any atom is 0.255 e. The summed E-state index contributed by atoms with van der Waals surface area (Å²) in [4.78, 5) is 10.9. The van der Waals surface area contributed by atoms with Gasteiger partial charge in [-0.15, -0.1) is 0 Å². The molecule has 0 saturated heterocycles. The van der Waals surface area contributed by atoms with Crippen molar-refractivity contribution in [1.82, 2.24) is 5.32 Å². The highest BCUT2D eigenvalue weighted by Gasteiger charge is 2.20. The second-order valence-electron chi connectivity index (χ2n) is 7.22. The Bertz CT molecular complexity index is 806. The summed E-state index contributed by atoms with van der Waals surface area (Å²) in [5.74, 6) is 0.220. The van der Waals surface area contributed by atoms with E-state index in [-0.39, 0.29) is 12.0 Å². The molecule has 0 atom stereocenters. The van der Waals surface area contributed by atoms with Crippen LogP contribution in [0.5, 0.6) is 11.5 Å². The van der Waals surface area contributed by atoms with Crippen molar-refractivity contribution in [3.05, 3.63) is 58.1 Å². The van der Waals surface area contributed by atoms with Gasteiger partial charge in [-0.3, -0.25) is 4.79 Å². The normalized spacial score (nSPS) is 11.3. The quantitative estimate of drug-likeness (QED) is 0.686. The van der Waals surface area contributed by atoms with Crippen LogP contribution in [0.3, 0.4) is 0 Å². The highest BCUT2D eigenvalue weighted by molar-refractivity contribution is 6.32. The van der Waals surface area contributed by atoms with Gasteiger partial charge < -0.3 is 20.5 Å². The van der Waals surface area contributed by atoms with Crippen LogP contribution >= 0.6 is 11.6 Å². The summed E-state index contributed by atoms with van der Waals surface area (Å²) in [6.45, 7) is 7.70. The molecule has 0 fully saturated rings. The number of halogens is 1. The molecule has 0 aliphatic rings. The first-order valence-corrected chi connectivity index (χ1v) is 9.16. The fraction of sp³-hybridized carbons (Fsp3) is 0.381. The number of carbonyl (C=O) groups excluding carboxylic acids is 1. The minimum Gasteiger partial charge on any atom is -0.493 e. The van der Waals surface area contributed by atoms with Gasteiger partial charge in [0.05, 0.1) is 12.1 Å². The maximum absolute atomic E-state index is 10.9. The van der Waals surface area contributed by atoms with Crippen LogP contribution in [0.2, 0.25) is 5.02 Å². The first kappa shape index (κ1) is 21.1. The third-order valence-electron chi connectivity index (χ3n) is 4.34. The number of amides is 1. The van der Waals surface area contributed by atoms with E-state index in [9.17, 15) is 4.79 Å². The summed E-state index contributed by atoms with van der Waals surface area (Å²) >= 11 is 6.29. The summed E-state index contributed by atoms with van der Waals surface area (Å²) < 4.78 is 10.7. The Labute approximate surface area is 165 Å². The molecule has 6 heteroatoms. The van der Waals surface area contributed by atoms with Crippen LogP contribution in [0.25, 0.3) is 0 Å². The topological polar surface area (TPSA) is 73.6 Å². The smallest absolute Gasteiger partial charge is 0.255 e. The van der Waals surface area contributed by atoms with Crippen molar-refractivity contribution in [2.75, 3.05) is 20.3 Å². The number of hydrogen-bond donors (Lipinski definition) is 2. The molecule has 0 unspecified atom stereocenters. The van der Waals surface area contributed by atoms with Crippen LogP contribution in [0.1, 0.15) is 30.5 Å². The van der Waals surface area contributed by atoms with Crippen molar-refractivity contribution in [3.8, 4) is 11.5 Å². The Hall–Kier alpha value is -2.24. The van der Waals surface area contributed by atoms with Crippen LogP contribution < -0.4 is 20.5 Å². The zero-order valence-corrected chi connectivity index (χ0v) is 17.0. The van der Waals surface area contributed by atoms with Crippen molar-refractivity contribution >= 4 is 17.5 Å². The minimum absolute atomic E-state index is 0.00948. The average molecular weight is 391 g/mol. The van der Waals surface area contributed by atoms with Gasteiger partial charge in [0.15, 0.2) is 18.1 Å². The lowest BCUT2D eigenvalue weighted by molar-refractivity contribution is -0.119. The third kappa shape index (κ3) is 5.88. The largest absolute Gasteiger partial charge is 0.493 e. The molecule has 27 heavy (non-hydrogen) atoms. The van der Waals surface area contributed by atoms with E-state index in [1.54, 1.807) is 6.07 Å². The summed E-state index contributed by atoms with van der Waals surface area (Å²) in [5.41, 5.74) is 8.62. The minimum atomic E-state index is -0.572. The number of aryl methyl sites for hydroxylation is 1. The van der Waals surface area contributed by atoms with E-state index in [2.05, 4.69) is 50.4 Å². The predicted molar refractivity (Wildman–Crippen MR) is 109 cm³/mol. The highest BCUT2D eigenvalue weighted by atomic mass is 35.5. The maximum atomic E-state index is 10.9. The zero-order chi connectivity index (χ0) is 20.0. The molecule has 0 aromatic heterocycles. The fourth-order valence-corrected chi connectivity index (χ4v) is 3.13. The molecular formula is C21H27ClN2O3. The lowest BCUT2D eigenvalue weighted by atomic mass is 9.84. The molecule has 0 radical (unpaired) electrons. The third-order valence-corrected chi connectivity index (χ3v) is 4.62. The molecule has 146 valence electrons. The lowest BCUT2D eigenvalue weighted by Crippen LogP contribution is -2.32. The van der Waals surface area contributed by atoms with Crippen molar-refractivity contribution < 1.29 is 14.3 Å². The number of nitrogens with two attached hydrogens (primary N) is 1. The van der Waals surface area contributed by atoms with E-state index < -0.39 is 5.91 Å². The standard InChI is InChI=1S/C21H27ClN2O3/c1-14-6-5-7-16(8-14)21(2,3)13-24-11-15-9-17(22)20(18(10-15)26-4)27-12-19(23)25/h5-10,24H,11-13H2,1-4H3,(H2,23,25). The fourth-order valence-electron chi connectivity index (χ4n) is 2.85. The molecule has 2 aromatic rings. The van der Waals surface area contributed by atoms with Crippen molar-refractivity contribution in [1.29, 1.82) is 0 Å². The number of primary amides is 1. The van der Waals surface area contributed by atoms with Gasteiger partial charge in [0.1, 0.15) is 0 Å². The van der Waals surface area contributed by atoms with Crippen molar-refractivity contribution in [3.63, 3.8) is 0 Å². The molecule has 0 aliphatic carbocycles. The molecule has 0 spiro atoms. The van der Waals surface area contributed by atoms with Crippen LogP contribution in [0.15, 0.2) is 36.4 Å². The van der Waals surface area contributed by atoms with Crippen molar-refractivity contribution in [2.45, 2.75) is 32.7 Å². The molecule has 2 rings (SSSR count). The number of benzene rings is 2. The monoisotopic (exact) mass is 390 g/mol. The van der Waals surface area contributed by atoms with Gasteiger partial charge in [-0.1, -0.05) is 55.3 Å². The first-order valence-electron chi connectivity index (χ1n) is 8.78. The zero-order valence-electron chi connectivity index (χ0n) is 16.3. The van der Waals surface area contributed by atoms with Gasteiger partial charge in [-0.25, -0.2) is 0 Å². The van der Waals surface area contributed by atoms with E-state index in [1.807, 2.05) is 6.07 Å². The summed E-state index contributed by atoms with van der Waals surface area (Å²) in [6.07, 6.45) is 0. The number of rotatable bonds is 9. The van der Waals surface area contributed by atoms with Gasteiger partial charge in [-0.05, 0) is 30.2 Å². The molecular weight excluding hydrogens is 364 g/mol. The molecule has 2 aromatic carbocycles. The SMILES string of the molecule is COc1cc(CNCC(C)(C)c2cccc(C)c2)cc(Cl)c1OCC(N)=O. The molecule has 0 saturated carbocycles. The summed E-state index contributed by atoms with van der Waals surface area (Å²) in [6, 6.07) is 12.2. The Balaban J connectivity index is 2.05. The Morgan fingerprint density at radius 2 is 2.00 bits per heavy atom.